The van der Waals surface area contributed by atoms with Gasteiger partial charge in [-0.2, -0.15) is 0 Å². The second-order valence-corrected chi connectivity index (χ2v) is 5.52. The molecule has 0 aliphatic heterocycles. The molecule has 0 spiro atoms. The van der Waals surface area contributed by atoms with E-state index in [0.29, 0.717) is 0 Å². The molecular formula is C14H22ClNO. The Kier molecular flexibility index (Phi) is 4.99. The Morgan fingerprint density at radius 2 is 2.06 bits per heavy atom. The zero-order valence-corrected chi connectivity index (χ0v) is 11.8. The Bertz CT molecular complexity index is 376. The first-order chi connectivity index (χ1) is 7.85. The van der Waals surface area contributed by atoms with Gasteiger partial charge in [-0.15, -0.1) is 0 Å². The fraction of sp³-hybridized carbons (Fsp3) is 0.571. The van der Waals surface area contributed by atoms with Crippen molar-refractivity contribution in [3.05, 3.63) is 34.3 Å². The number of halogens is 1. The van der Waals surface area contributed by atoms with Crippen LogP contribution in [0.4, 0.5) is 0 Å². The van der Waals surface area contributed by atoms with Crippen molar-refractivity contribution in [2.24, 2.45) is 5.73 Å². The average molecular weight is 256 g/mol. The van der Waals surface area contributed by atoms with Crippen LogP contribution < -0.4 is 5.73 Å². The quantitative estimate of drug-likeness (QED) is 0.867. The van der Waals surface area contributed by atoms with Gasteiger partial charge in [-0.3, -0.25) is 0 Å². The smallest absolute Gasteiger partial charge is 0.0623 e. The summed E-state index contributed by atoms with van der Waals surface area (Å²) in [4.78, 5) is 0. The Balaban J connectivity index is 2.64. The summed E-state index contributed by atoms with van der Waals surface area (Å²) in [5.74, 6) is 0. The van der Waals surface area contributed by atoms with Crippen molar-refractivity contribution in [3.8, 4) is 0 Å². The van der Waals surface area contributed by atoms with Crippen molar-refractivity contribution in [3.63, 3.8) is 0 Å². The lowest BCUT2D eigenvalue weighted by atomic mass is 9.95. The molecule has 1 aromatic rings. The summed E-state index contributed by atoms with van der Waals surface area (Å²) in [6.07, 6.45) is 1.82. The van der Waals surface area contributed by atoms with Crippen LogP contribution in [0.15, 0.2) is 18.2 Å². The number of rotatable bonds is 5. The number of hydrogen-bond donors (Lipinski definition) is 1. The van der Waals surface area contributed by atoms with Gasteiger partial charge in [0.2, 0.25) is 0 Å². The summed E-state index contributed by atoms with van der Waals surface area (Å²) < 4.78 is 5.39. The van der Waals surface area contributed by atoms with Gasteiger partial charge < -0.3 is 10.5 Å². The SMILES string of the molecule is COC(C)(C)CCC(N)c1ccc(C)c(Cl)c1. The fourth-order valence-corrected chi connectivity index (χ4v) is 1.80. The van der Waals surface area contributed by atoms with Crippen molar-refractivity contribution >= 4 is 11.6 Å². The minimum Gasteiger partial charge on any atom is -0.379 e. The highest BCUT2D eigenvalue weighted by atomic mass is 35.5. The third-order valence-corrected chi connectivity index (χ3v) is 3.64. The van der Waals surface area contributed by atoms with Crippen LogP contribution in [0.2, 0.25) is 5.02 Å². The topological polar surface area (TPSA) is 35.2 Å². The van der Waals surface area contributed by atoms with Gasteiger partial charge in [-0.25, -0.2) is 0 Å². The molecule has 1 atom stereocenters. The van der Waals surface area contributed by atoms with E-state index in [0.717, 1.165) is 29.0 Å². The van der Waals surface area contributed by atoms with Crippen LogP contribution in [0.5, 0.6) is 0 Å². The lowest BCUT2D eigenvalue weighted by Crippen LogP contribution is -2.24. The molecule has 0 amide bonds. The van der Waals surface area contributed by atoms with E-state index < -0.39 is 0 Å². The van der Waals surface area contributed by atoms with Crippen molar-refractivity contribution in [2.75, 3.05) is 7.11 Å². The third kappa shape index (κ3) is 4.30. The monoisotopic (exact) mass is 255 g/mol. The van der Waals surface area contributed by atoms with Crippen LogP contribution in [0.25, 0.3) is 0 Å². The highest BCUT2D eigenvalue weighted by molar-refractivity contribution is 6.31. The first-order valence-corrected chi connectivity index (χ1v) is 6.30. The number of methoxy groups -OCH3 is 1. The Morgan fingerprint density at radius 3 is 2.59 bits per heavy atom. The number of ether oxygens (including phenoxy) is 1. The summed E-state index contributed by atoms with van der Waals surface area (Å²) in [5, 5.41) is 0.781. The minimum atomic E-state index is -0.119. The number of nitrogens with two attached hydrogens (primary N) is 1. The van der Waals surface area contributed by atoms with Crippen LogP contribution in [-0.2, 0) is 4.74 Å². The highest BCUT2D eigenvalue weighted by Gasteiger charge is 2.18. The molecule has 0 saturated heterocycles. The lowest BCUT2D eigenvalue weighted by molar-refractivity contribution is 0.0125. The molecule has 1 unspecified atom stereocenters. The zero-order valence-electron chi connectivity index (χ0n) is 11.1. The molecule has 0 saturated carbocycles. The van der Waals surface area contributed by atoms with Crippen LogP contribution >= 0.6 is 11.6 Å². The molecule has 17 heavy (non-hydrogen) atoms. The lowest BCUT2D eigenvalue weighted by Gasteiger charge is -2.24. The Labute approximate surface area is 109 Å². The van der Waals surface area contributed by atoms with E-state index in [9.17, 15) is 0 Å². The zero-order chi connectivity index (χ0) is 13.1. The maximum Gasteiger partial charge on any atom is 0.0623 e. The predicted octanol–water partition coefficient (Wildman–Crippen LogP) is 3.85. The van der Waals surface area contributed by atoms with Gasteiger partial charge in [0.25, 0.3) is 0 Å². The summed E-state index contributed by atoms with van der Waals surface area (Å²) in [6, 6.07) is 6.04. The summed E-state index contributed by atoms with van der Waals surface area (Å²) in [7, 11) is 1.73. The molecule has 0 aromatic heterocycles. The van der Waals surface area contributed by atoms with E-state index in [1.165, 1.54) is 0 Å². The fourth-order valence-electron chi connectivity index (χ4n) is 1.61. The molecule has 0 radical (unpaired) electrons. The molecule has 3 heteroatoms. The van der Waals surface area contributed by atoms with Crippen LogP contribution in [0, 0.1) is 6.92 Å². The molecule has 96 valence electrons. The maximum absolute atomic E-state index is 6.16. The van der Waals surface area contributed by atoms with E-state index in [-0.39, 0.29) is 11.6 Å². The number of benzene rings is 1. The Hall–Kier alpha value is -0.570. The van der Waals surface area contributed by atoms with E-state index in [4.69, 9.17) is 22.1 Å². The van der Waals surface area contributed by atoms with Gasteiger partial charge in [0, 0.05) is 18.2 Å². The number of aryl methyl sites for hydroxylation is 1. The molecule has 0 fully saturated rings. The van der Waals surface area contributed by atoms with Crippen LogP contribution in [0.3, 0.4) is 0 Å². The standard InChI is InChI=1S/C14H22ClNO/c1-10-5-6-11(9-12(10)15)13(16)7-8-14(2,3)17-4/h5-6,9,13H,7-8,16H2,1-4H3. The molecule has 2 N–H and O–H groups in total. The molecule has 0 heterocycles. The summed E-state index contributed by atoms with van der Waals surface area (Å²) in [6.45, 7) is 6.13. The van der Waals surface area contributed by atoms with E-state index in [1.807, 2.05) is 25.1 Å². The highest BCUT2D eigenvalue weighted by Crippen LogP contribution is 2.25. The van der Waals surface area contributed by atoms with Gasteiger partial charge in [-0.05, 0) is 50.8 Å². The van der Waals surface area contributed by atoms with E-state index in [1.54, 1.807) is 7.11 Å². The largest absolute Gasteiger partial charge is 0.379 e. The summed E-state index contributed by atoms with van der Waals surface area (Å²) >= 11 is 6.10. The van der Waals surface area contributed by atoms with Crippen molar-refractivity contribution < 1.29 is 4.74 Å². The molecule has 1 aromatic carbocycles. The average Bonchev–Trinajstić information content (AvgIpc) is 2.30. The van der Waals surface area contributed by atoms with E-state index in [2.05, 4.69) is 13.8 Å². The third-order valence-electron chi connectivity index (χ3n) is 3.23. The second kappa shape index (κ2) is 5.85. The molecule has 0 aliphatic carbocycles. The minimum absolute atomic E-state index is 0.0162. The first kappa shape index (κ1) is 14.5. The summed E-state index contributed by atoms with van der Waals surface area (Å²) in [5.41, 5.74) is 8.22. The van der Waals surface area contributed by atoms with Gasteiger partial charge in [0.1, 0.15) is 0 Å². The molecule has 1 rings (SSSR count). The normalized spacial score (nSPS) is 13.8. The van der Waals surface area contributed by atoms with E-state index >= 15 is 0 Å². The van der Waals surface area contributed by atoms with Gasteiger partial charge >= 0.3 is 0 Å². The molecule has 0 bridgehead atoms. The number of hydrogen-bond acceptors (Lipinski definition) is 2. The second-order valence-electron chi connectivity index (χ2n) is 5.12. The van der Waals surface area contributed by atoms with Crippen LogP contribution in [0.1, 0.15) is 43.9 Å². The predicted molar refractivity (Wildman–Crippen MR) is 73.4 cm³/mol. The molecule has 2 nitrogen and oxygen atoms in total. The van der Waals surface area contributed by atoms with Crippen LogP contribution in [-0.4, -0.2) is 12.7 Å². The van der Waals surface area contributed by atoms with Gasteiger partial charge in [0.05, 0.1) is 5.60 Å². The molecular weight excluding hydrogens is 234 g/mol. The van der Waals surface area contributed by atoms with Gasteiger partial charge in [0.15, 0.2) is 0 Å². The maximum atomic E-state index is 6.16. The first-order valence-electron chi connectivity index (χ1n) is 5.92. The van der Waals surface area contributed by atoms with Crippen molar-refractivity contribution in [1.82, 2.24) is 0 Å². The van der Waals surface area contributed by atoms with Gasteiger partial charge in [-0.1, -0.05) is 23.7 Å². The Morgan fingerprint density at radius 1 is 1.41 bits per heavy atom. The molecule has 0 aliphatic rings. The van der Waals surface area contributed by atoms with Crippen molar-refractivity contribution in [2.45, 2.75) is 45.3 Å². The van der Waals surface area contributed by atoms with Crippen molar-refractivity contribution in [1.29, 1.82) is 0 Å².